The lowest BCUT2D eigenvalue weighted by molar-refractivity contribution is -0.136. The molecule has 0 aliphatic carbocycles. The predicted molar refractivity (Wildman–Crippen MR) is 61.6 cm³/mol. The Morgan fingerprint density at radius 2 is 2.06 bits per heavy atom. The van der Waals surface area contributed by atoms with E-state index in [0.29, 0.717) is 23.4 Å². The van der Waals surface area contributed by atoms with E-state index in [1.54, 1.807) is 13.8 Å². The van der Waals surface area contributed by atoms with Crippen molar-refractivity contribution in [1.29, 1.82) is 0 Å². The highest BCUT2D eigenvalue weighted by atomic mass is 16.4. The minimum atomic E-state index is -0.914. The van der Waals surface area contributed by atoms with Crippen molar-refractivity contribution in [3.63, 3.8) is 0 Å². The van der Waals surface area contributed by atoms with Gasteiger partial charge < -0.3 is 10.8 Å². The number of primary amides is 1. The van der Waals surface area contributed by atoms with Gasteiger partial charge in [-0.05, 0) is 20.3 Å². The van der Waals surface area contributed by atoms with E-state index in [2.05, 4.69) is 5.10 Å². The molecule has 1 aromatic heterocycles. The Hall–Kier alpha value is -1.85. The minimum absolute atomic E-state index is 0.0904. The van der Waals surface area contributed by atoms with Gasteiger partial charge in [0.05, 0.1) is 12.1 Å². The van der Waals surface area contributed by atoms with E-state index in [1.165, 1.54) is 4.68 Å². The van der Waals surface area contributed by atoms with E-state index in [9.17, 15) is 9.59 Å². The maximum Gasteiger partial charge on any atom is 0.307 e. The number of nitrogens with two attached hydrogens (primary N) is 1. The molecule has 1 heterocycles. The van der Waals surface area contributed by atoms with Crippen molar-refractivity contribution < 1.29 is 14.7 Å². The second kappa shape index (κ2) is 4.99. The molecule has 0 fully saturated rings. The molecule has 0 saturated heterocycles. The van der Waals surface area contributed by atoms with E-state index in [-0.39, 0.29) is 6.42 Å². The van der Waals surface area contributed by atoms with Gasteiger partial charge >= 0.3 is 5.97 Å². The Kier molecular flexibility index (Phi) is 3.88. The average molecular weight is 239 g/mol. The summed E-state index contributed by atoms with van der Waals surface area (Å²) in [5, 5.41) is 13.0. The molecule has 0 radical (unpaired) electrons. The Morgan fingerprint density at radius 3 is 2.47 bits per heavy atom. The first-order chi connectivity index (χ1) is 7.88. The molecule has 3 N–H and O–H groups in total. The molecule has 94 valence electrons. The van der Waals surface area contributed by atoms with Crippen LogP contribution in [-0.4, -0.2) is 26.8 Å². The maximum atomic E-state index is 11.3. The maximum absolute atomic E-state index is 11.3. The van der Waals surface area contributed by atoms with Crippen LogP contribution in [-0.2, 0) is 16.0 Å². The van der Waals surface area contributed by atoms with Crippen LogP contribution in [0.15, 0.2) is 0 Å². The van der Waals surface area contributed by atoms with Crippen molar-refractivity contribution in [1.82, 2.24) is 9.78 Å². The molecule has 0 aliphatic heterocycles. The Bertz CT molecular complexity index is 451. The number of aliphatic carboxylic acids is 1. The van der Waals surface area contributed by atoms with Crippen molar-refractivity contribution in [2.24, 2.45) is 5.73 Å². The fourth-order valence-electron chi connectivity index (χ4n) is 1.90. The number of rotatable bonds is 5. The third-order valence-electron chi connectivity index (χ3n) is 2.81. The molecule has 1 atom stereocenters. The summed E-state index contributed by atoms with van der Waals surface area (Å²) in [7, 11) is 0. The highest BCUT2D eigenvalue weighted by Gasteiger charge is 2.22. The van der Waals surface area contributed by atoms with Crippen molar-refractivity contribution in [3.8, 4) is 0 Å². The van der Waals surface area contributed by atoms with Gasteiger partial charge in [0.15, 0.2) is 0 Å². The van der Waals surface area contributed by atoms with Gasteiger partial charge in [0.2, 0.25) is 5.91 Å². The molecule has 1 aromatic rings. The van der Waals surface area contributed by atoms with Crippen LogP contribution in [0.4, 0.5) is 0 Å². The molecule has 0 saturated carbocycles. The summed E-state index contributed by atoms with van der Waals surface area (Å²) in [6.45, 7) is 5.32. The third-order valence-corrected chi connectivity index (χ3v) is 2.81. The summed E-state index contributed by atoms with van der Waals surface area (Å²) < 4.78 is 1.52. The van der Waals surface area contributed by atoms with E-state index >= 15 is 0 Å². The van der Waals surface area contributed by atoms with Gasteiger partial charge in [-0.1, -0.05) is 6.92 Å². The van der Waals surface area contributed by atoms with Crippen LogP contribution in [0.3, 0.4) is 0 Å². The van der Waals surface area contributed by atoms with Gasteiger partial charge in [0.1, 0.15) is 6.04 Å². The number of carboxylic acids is 1. The number of aryl methyl sites for hydroxylation is 1. The first kappa shape index (κ1) is 13.2. The summed E-state index contributed by atoms with van der Waals surface area (Å²) >= 11 is 0. The molecule has 1 rings (SSSR count). The first-order valence-corrected chi connectivity index (χ1v) is 5.44. The van der Waals surface area contributed by atoms with Crippen molar-refractivity contribution in [3.05, 3.63) is 17.0 Å². The van der Waals surface area contributed by atoms with Crippen molar-refractivity contribution in [2.75, 3.05) is 0 Å². The zero-order valence-electron chi connectivity index (χ0n) is 10.2. The monoisotopic (exact) mass is 239 g/mol. The lowest BCUT2D eigenvalue weighted by Gasteiger charge is -2.13. The summed E-state index contributed by atoms with van der Waals surface area (Å²) in [5.74, 6) is -1.37. The van der Waals surface area contributed by atoms with Crippen LogP contribution >= 0.6 is 0 Å². The van der Waals surface area contributed by atoms with Crippen LogP contribution in [0.1, 0.15) is 36.3 Å². The van der Waals surface area contributed by atoms with Crippen molar-refractivity contribution in [2.45, 2.75) is 39.7 Å². The van der Waals surface area contributed by atoms with Gasteiger partial charge in [0, 0.05) is 11.3 Å². The Morgan fingerprint density at radius 1 is 1.47 bits per heavy atom. The molecule has 1 amide bonds. The quantitative estimate of drug-likeness (QED) is 0.784. The number of hydrogen-bond acceptors (Lipinski definition) is 3. The largest absolute Gasteiger partial charge is 0.481 e. The fraction of sp³-hybridized carbons (Fsp3) is 0.545. The van der Waals surface area contributed by atoms with E-state index in [0.717, 1.165) is 0 Å². The van der Waals surface area contributed by atoms with Crippen LogP contribution in [0.25, 0.3) is 0 Å². The second-order valence-corrected chi connectivity index (χ2v) is 3.99. The van der Waals surface area contributed by atoms with Gasteiger partial charge in [-0.3, -0.25) is 14.3 Å². The van der Waals surface area contributed by atoms with Crippen LogP contribution in [0.2, 0.25) is 0 Å². The number of hydrogen-bond donors (Lipinski definition) is 2. The molecular formula is C11H17N3O3. The van der Waals surface area contributed by atoms with E-state index in [1.807, 2.05) is 6.92 Å². The van der Waals surface area contributed by atoms with Gasteiger partial charge in [-0.25, -0.2) is 0 Å². The topological polar surface area (TPSA) is 98.2 Å². The number of carbonyl (C=O) groups excluding carboxylic acids is 1. The average Bonchev–Trinajstić information content (AvgIpc) is 2.46. The molecule has 0 aromatic carbocycles. The lowest BCUT2D eigenvalue weighted by Crippen LogP contribution is -2.27. The molecule has 17 heavy (non-hydrogen) atoms. The molecule has 0 bridgehead atoms. The van der Waals surface area contributed by atoms with Crippen LogP contribution < -0.4 is 5.73 Å². The van der Waals surface area contributed by atoms with Gasteiger partial charge in [0.25, 0.3) is 0 Å². The number of aromatic nitrogens is 2. The Balaban J connectivity index is 3.19. The third kappa shape index (κ3) is 2.64. The van der Waals surface area contributed by atoms with Gasteiger partial charge in [-0.15, -0.1) is 0 Å². The van der Waals surface area contributed by atoms with Crippen molar-refractivity contribution >= 4 is 11.9 Å². The predicted octanol–water partition coefficient (Wildman–Crippen LogP) is 0.563. The lowest BCUT2D eigenvalue weighted by atomic mass is 10.1. The molecular weight excluding hydrogens is 222 g/mol. The molecule has 0 spiro atoms. The smallest absolute Gasteiger partial charge is 0.307 e. The second-order valence-electron chi connectivity index (χ2n) is 3.99. The number of amides is 1. The van der Waals surface area contributed by atoms with Gasteiger partial charge in [-0.2, -0.15) is 5.10 Å². The molecule has 6 nitrogen and oxygen atoms in total. The highest BCUT2D eigenvalue weighted by Crippen LogP contribution is 2.19. The zero-order chi connectivity index (χ0) is 13.2. The molecule has 6 heteroatoms. The van der Waals surface area contributed by atoms with E-state index < -0.39 is 17.9 Å². The summed E-state index contributed by atoms with van der Waals surface area (Å²) in [6.07, 6.45) is 0.441. The highest BCUT2D eigenvalue weighted by molar-refractivity contribution is 5.78. The van der Waals surface area contributed by atoms with Crippen LogP contribution in [0.5, 0.6) is 0 Å². The SMILES string of the molecule is CCC(C(N)=O)n1nc(C)c(CC(=O)O)c1C. The standard InChI is InChI=1S/C11H17N3O3/c1-4-9(11(12)17)14-7(3)8(5-10(15)16)6(2)13-14/h9H,4-5H2,1-3H3,(H2,12,17)(H,15,16). The first-order valence-electron chi connectivity index (χ1n) is 5.44. The summed E-state index contributed by atoms with van der Waals surface area (Å²) in [5.41, 5.74) is 7.26. The number of carbonyl (C=O) groups is 2. The summed E-state index contributed by atoms with van der Waals surface area (Å²) in [6, 6.07) is -0.517. The minimum Gasteiger partial charge on any atom is -0.481 e. The number of carboxylic acid groups (broad SMARTS) is 1. The summed E-state index contributed by atoms with van der Waals surface area (Å²) in [4.78, 5) is 22.0. The molecule has 1 unspecified atom stereocenters. The zero-order valence-corrected chi connectivity index (χ0v) is 10.2. The Labute approximate surface area is 99.4 Å². The normalized spacial score (nSPS) is 12.4. The fourth-order valence-corrected chi connectivity index (χ4v) is 1.90. The molecule has 0 aliphatic rings. The number of nitrogens with zero attached hydrogens (tertiary/aromatic N) is 2. The van der Waals surface area contributed by atoms with E-state index in [4.69, 9.17) is 10.8 Å². The van der Waals surface area contributed by atoms with Crippen LogP contribution in [0, 0.1) is 13.8 Å².